The Morgan fingerprint density at radius 3 is 2.59 bits per heavy atom. The quantitative estimate of drug-likeness (QED) is 0.654. The molecule has 3 saturated heterocycles. The molecule has 184 valence electrons. The summed E-state index contributed by atoms with van der Waals surface area (Å²) in [7, 11) is 0. The Morgan fingerprint density at radius 2 is 1.88 bits per heavy atom. The van der Waals surface area contributed by atoms with E-state index in [0.29, 0.717) is 18.8 Å². The fourth-order valence-electron chi connectivity index (χ4n) is 5.03. The van der Waals surface area contributed by atoms with Crippen molar-refractivity contribution in [3.63, 3.8) is 0 Å². The predicted octanol–water partition coefficient (Wildman–Crippen LogP) is 2.86. The van der Waals surface area contributed by atoms with Gasteiger partial charge in [-0.05, 0) is 39.3 Å². The second kappa shape index (κ2) is 9.30. The zero-order valence-corrected chi connectivity index (χ0v) is 20.9. The van der Waals surface area contributed by atoms with Gasteiger partial charge >= 0.3 is 6.09 Å². The summed E-state index contributed by atoms with van der Waals surface area (Å²) in [4.78, 5) is 34.5. The number of piperazine rings is 1. The van der Waals surface area contributed by atoms with E-state index in [0.717, 1.165) is 55.3 Å². The first-order valence-electron chi connectivity index (χ1n) is 12.0. The molecule has 0 bridgehead atoms. The number of thioether (sulfide) groups is 1. The van der Waals surface area contributed by atoms with E-state index in [-0.39, 0.29) is 11.9 Å². The molecule has 5 rings (SSSR count). The molecule has 0 N–H and O–H groups in total. The average molecular weight is 488 g/mol. The van der Waals surface area contributed by atoms with Gasteiger partial charge in [-0.1, -0.05) is 17.3 Å². The van der Waals surface area contributed by atoms with E-state index in [2.05, 4.69) is 15.0 Å². The molecule has 0 aliphatic carbocycles. The van der Waals surface area contributed by atoms with Crippen LogP contribution in [0.15, 0.2) is 28.8 Å². The summed E-state index contributed by atoms with van der Waals surface area (Å²) in [5.74, 6) is 2.59. The van der Waals surface area contributed by atoms with Gasteiger partial charge in [0.25, 0.3) is 0 Å². The molecule has 3 fully saturated rings. The largest absolute Gasteiger partial charge is 0.444 e. The highest BCUT2D eigenvalue weighted by Crippen LogP contribution is 2.30. The molecule has 2 aromatic rings. The average Bonchev–Trinajstić information content (AvgIpc) is 3.57. The molecular weight excluding hydrogens is 454 g/mol. The van der Waals surface area contributed by atoms with Gasteiger partial charge in [0.2, 0.25) is 5.91 Å². The van der Waals surface area contributed by atoms with E-state index in [1.165, 1.54) is 0 Å². The fraction of sp³-hybridized carbons (Fsp3) is 0.625. The van der Waals surface area contributed by atoms with E-state index in [4.69, 9.17) is 9.26 Å². The summed E-state index contributed by atoms with van der Waals surface area (Å²) in [6.07, 6.45) is 0.250. The molecule has 3 aliphatic rings. The van der Waals surface area contributed by atoms with Crippen molar-refractivity contribution >= 4 is 40.5 Å². The van der Waals surface area contributed by atoms with Gasteiger partial charge in [-0.15, -0.1) is 11.8 Å². The fourth-order valence-corrected chi connectivity index (χ4v) is 5.99. The SMILES string of the molecule is CC(C)(C)OC(=O)N1C[C@@H](N2CCN(c3noc4ccccc34)CC2)C[C@H]1C(=O)N1CCSC1. The van der Waals surface area contributed by atoms with E-state index in [9.17, 15) is 9.59 Å². The molecule has 1 aromatic carbocycles. The first-order valence-corrected chi connectivity index (χ1v) is 13.2. The lowest BCUT2D eigenvalue weighted by Gasteiger charge is -2.38. The summed E-state index contributed by atoms with van der Waals surface area (Å²) in [5, 5.41) is 5.33. The minimum absolute atomic E-state index is 0.0473. The summed E-state index contributed by atoms with van der Waals surface area (Å²) < 4.78 is 11.2. The zero-order valence-electron chi connectivity index (χ0n) is 20.1. The number of benzene rings is 1. The van der Waals surface area contributed by atoms with Crippen molar-refractivity contribution in [2.45, 2.75) is 44.9 Å². The number of hydrogen-bond acceptors (Lipinski definition) is 8. The van der Waals surface area contributed by atoms with Crippen molar-refractivity contribution in [1.82, 2.24) is 19.9 Å². The molecule has 0 saturated carbocycles. The lowest BCUT2D eigenvalue weighted by atomic mass is 10.1. The lowest BCUT2D eigenvalue weighted by Crippen LogP contribution is -2.51. The van der Waals surface area contributed by atoms with E-state index < -0.39 is 17.7 Å². The Bertz CT molecular complexity index is 1040. The van der Waals surface area contributed by atoms with Crippen molar-refractivity contribution in [2.75, 3.05) is 55.8 Å². The maximum atomic E-state index is 13.3. The number of hydrogen-bond donors (Lipinski definition) is 0. The molecule has 34 heavy (non-hydrogen) atoms. The molecule has 10 heteroatoms. The number of carbonyl (C=O) groups is 2. The lowest BCUT2D eigenvalue weighted by molar-refractivity contribution is -0.134. The van der Waals surface area contributed by atoms with Crippen LogP contribution >= 0.6 is 11.8 Å². The Labute approximate surface area is 204 Å². The topological polar surface area (TPSA) is 82.4 Å². The monoisotopic (exact) mass is 487 g/mol. The molecular formula is C24H33N5O4S. The minimum Gasteiger partial charge on any atom is -0.444 e. The van der Waals surface area contributed by atoms with Crippen LogP contribution in [0.25, 0.3) is 11.0 Å². The van der Waals surface area contributed by atoms with Crippen LogP contribution in [-0.2, 0) is 9.53 Å². The Morgan fingerprint density at radius 1 is 1.12 bits per heavy atom. The van der Waals surface area contributed by atoms with Crippen LogP contribution in [-0.4, -0.2) is 100 Å². The first kappa shape index (κ1) is 23.3. The molecule has 0 radical (unpaired) electrons. The van der Waals surface area contributed by atoms with Gasteiger partial charge in [-0.25, -0.2) is 4.79 Å². The summed E-state index contributed by atoms with van der Waals surface area (Å²) >= 11 is 1.76. The smallest absolute Gasteiger partial charge is 0.411 e. The second-order valence-corrected chi connectivity index (χ2v) is 11.3. The third-order valence-corrected chi connectivity index (χ3v) is 7.71. The van der Waals surface area contributed by atoms with Crippen LogP contribution in [0, 0.1) is 0 Å². The third kappa shape index (κ3) is 4.70. The Kier molecular flexibility index (Phi) is 6.37. The molecule has 9 nitrogen and oxygen atoms in total. The molecule has 1 aromatic heterocycles. The molecule has 2 amide bonds. The van der Waals surface area contributed by atoms with Crippen molar-refractivity contribution in [2.24, 2.45) is 0 Å². The Hall–Kier alpha value is -2.46. The van der Waals surface area contributed by atoms with Crippen molar-refractivity contribution in [3.8, 4) is 0 Å². The number of fused-ring (bicyclic) bond motifs is 1. The van der Waals surface area contributed by atoms with Gasteiger partial charge in [-0.3, -0.25) is 14.6 Å². The highest BCUT2D eigenvalue weighted by Gasteiger charge is 2.45. The summed E-state index contributed by atoms with van der Waals surface area (Å²) in [5.41, 5.74) is 0.197. The minimum atomic E-state index is -0.599. The summed E-state index contributed by atoms with van der Waals surface area (Å²) in [6.45, 7) is 10.2. The molecule has 4 heterocycles. The van der Waals surface area contributed by atoms with E-state index in [1.54, 1.807) is 16.7 Å². The first-order chi connectivity index (χ1) is 16.3. The number of aromatic nitrogens is 1. The number of nitrogens with zero attached hydrogens (tertiary/aromatic N) is 5. The van der Waals surface area contributed by atoms with E-state index in [1.807, 2.05) is 49.9 Å². The van der Waals surface area contributed by atoms with Gasteiger partial charge in [0, 0.05) is 51.1 Å². The molecule has 0 unspecified atom stereocenters. The van der Waals surface area contributed by atoms with Crippen molar-refractivity contribution < 1.29 is 18.8 Å². The van der Waals surface area contributed by atoms with Gasteiger partial charge in [0.1, 0.15) is 11.6 Å². The normalized spacial score (nSPS) is 24.3. The third-order valence-electron chi connectivity index (χ3n) is 6.75. The predicted molar refractivity (Wildman–Crippen MR) is 132 cm³/mol. The molecule has 3 aliphatic heterocycles. The van der Waals surface area contributed by atoms with Crippen molar-refractivity contribution in [3.05, 3.63) is 24.3 Å². The van der Waals surface area contributed by atoms with Gasteiger partial charge in [-0.2, -0.15) is 0 Å². The number of rotatable bonds is 3. The highest BCUT2D eigenvalue weighted by molar-refractivity contribution is 7.99. The number of carbonyl (C=O) groups excluding carboxylic acids is 2. The zero-order chi connectivity index (χ0) is 23.9. The van der Waals surface area contributed by atoms with Crippen molar-refractivity contribution in [1.29, 1.82) is 0 Å². The second-order valence-electron chi connectivity index (χ2n) is 10.2. The highest BCUT2D eigenvalue weighted by atomic mass is 32.2. The standard InChI is InChI=1S/C24H33N5O4S/c1-24(2,3)32-23(31)29-15-17(14-19(29)22(30)28-12-13-34-16-28)26-8-10-27(11-9-26)21-18-6-4-5-7-20(18)33-25-21/h4-7,17,19H,8-16H2,1-3H3/t17-,19-/m0/s1. The van der Waals surface area contributed by atoms with Gasteiger partial charge < -0.3 is 19.1 Å². The molecule has 2 atom stereocenters. The summed E-state index contributed by atoms with van der Waals surface area (Å²) in [6, 6.07) is 7.59. The number of para-hydroxylation sites is 1. The van der Waals surface area contributed by atoms with Crippen LogP contribution in [0.4, 0.5) is 10.6 Å². The maximum absolute atomic E-state index is 13.3. The Balaban J connectivity index is 1.27. The van der Waals surface area contributed by atoms with Crippen LogP contribution in [0.1, 0.15) is 27.2 Å². The van der Waals surface area contributed by atoms with Crippen LogP contribution in [0.3, 0.4) is 0 Å². The van der Waals surface area contributed by atoms with Crippen LogP contribution in [0.2, 0.25) is 0 Å². The number of amides is 2. The number of ether oxygens (including phenoxy) is 1. The van der Waals surface area contributed by atoms with Crippen LogP contribution in [0.5, 0.6) is 0 Å². The van der Waals surface area contributed by atoms with Crippen LogP contribution < -0.4 is 4.90 Å². The van der Waals surface area contributed by atoms with E-state index >= 15 is 0 Å². The maximum Gasteiger partial charge on any atom is 0.411 e. The van der Waals surface area contributed by atoms with Gasteiger partial charge in [0.05, 0.1) is 11.3 Å². The van der Waals surface area contributed by atoms with Gasteiger partial charge in [0.15, 0.2) is 11.4 Å². The molecule has 0 spiro atoms. The number of likely N-dealkylation sites (tertiary alicyclic amines) is 1. The number of anilines is 1.